The summed E-state index contributed by atoms with van der Waals surface area (Å²) in [5, 5.41) is 6.98. The number of benzene rings is 2. The Morgan fingerprint density at radius 3 is 2.50 bits per heavy atom. The Morgan fingerprint density at radius 2 is 1.75 bits per heavy atom. The van der Waals surface area contributed by atoms with Gasteiger partial charge in [0.15, 0.2) is 5.82 Å². The van der Waals surface area contributed by atoms with E-state index in [0.29, 0.717) is 16.8 Å². The largest absolute Gasteiger partial charge is 0.378 e. The summed E-state index contributed by atoms with van der Waals surface area (Å²) in [6.45, 7) is 5.42. The molecule has 1 aliphatic rings. The molecular weight excluding hydrogens is 374 g/mol. The fourth-order valence-electron chi connectivity index (χ4n) is 3.06. The van der Waals surface area contributed by atoms with Crippen molar-refractivity contribution in [2.45, 2.75) is 6.92 Å². The predicted molar refractivity (Wildman–Crippen MR) is 114 cm³/mol. The van der Waals surface area contributed by atoms with Crippen molar-refractivity contribution in [2.24, 2.45) is 0 Å². The van der Waals surface area contributed by atoms with Gasteiger partial charge in [-0.1, -0.05) is 29.8 Å². The second kappa shape index (κ2) is 8.46. The molecule has 0 amide bonds. The molecule has 0 atom stereocenters. The van der Waals surface area contributed by atoms with Crippen LogP contribution in [0.15, 0.2) is 54.7 Å². The molecule has 3 aromatic rings. The normalized spacial score (nSPS) is 14.0. The Balaban J connectivity index is 1.48. The number of halogens is 1. The fraction of sp³-hybridized carbons (Fsp3) is 0.238. The summed E-state index contributed by atoms with van der Waals surface area (Å²) in [5.74, 6) is 1.05. The molecule has 1 aromatic heterocycles. The quantitative estimate of drug-likeness (QED) is 0.649. The van der Waals surface area contributed by atoms with Gasteiger partial charge in [-0.25, -0.2) is 4.98 Å². The van der Waals surface area contributed by atoms with Gasteiger partial charge < -0.3 is 20.3 Å². The Labute approximate surface area is 169 Å². The molecule has 1 fully saturated rings. The third-order valence-corrected chi connectivity index (χ3v) is 4.92. The van der Waals surface area contributed by atoms with Crippen LogP contribution in [0.25, 0.3) is 0 Å². The molecule has 0 bridgehead atoms. The number of hydrogen-bond acceptors (Lipinski definition) is 6. The first-order valence-electron chi connectivity index (χ1n) is 9.24. The van der Waals surface area contributed by atoms with Crippen LogP contribution in [-0.4, -0.2) is 36.3 Å². The highest BCUT2D eigenvalue weighted by molar-refractivity contribution is 6.32. The Morgan fingerprint density at radius 1 is 1.00 bits per heavy atom. The molecule has 0 spiro atoms. The first-order valence-corrected chi connectivity index (χ1v) is 9.62. The summed E-state index contributed by atoms with van der Waals surface area (Å²) in [4.78, 5) is 11.1. The van der Waals surface area contributed by atoms with Crippen molar-refractivity contribution in [1.82, 2.24) is 9.97 Å². The van der Waals surface area contributed by atoms with Crippen molar-refractivity contribution < 1.29 is 4.74 Å². The number of anilines is 5. The van der Waals surface area contributed by atoms with Gasteiger partial charge in [0.25, 0.3) is 0 Å². The predicted octanol–water partition coefficient (Wildman–Crippen LogP) is 4.76. The van der Waals surface area contributed by atoms with Gasteiger partial charge in [0.2, 0.25) is 5.95 Å². The highest BCUT2D eigenvalue weighted by Gasteiger charge is 2.11. The molecule has 1 saturated heterocycles. The van der Waals surface area contributed by atoms with Crippen molar-refractivity contribution in [2.75, 3.05) is 41.8 Å². The molecule has 7 heteroatoms. The van der Waals surface area contributed by atoms with Gasteiger partial charge in [0.1, 0.15) is 5.02 Å². The zero-order valence-electron chi connectivity index (χ0n) is 15.7. The second-order valence-electron chi connectivity index (χ2n) is 6.60. The zero-order valence-corrected chi connectivity index (χ0v) is 16.4. The van der Waals surface area contributed by atoms with Crippen LogP contribution in [0.4, 0.5) is 28.8 Å². The smallest absolute Gasteiger partial charge is 0.229 e. The first kappa shape index (κ1) is 18.5. The summed E-state index contributed by atoms with van der Waals surface area (Å²) >= 11 is 6.28. The summed E-state index contributed by atoms with van der Waals surface area (Å²) in [7, 11) is 0. The highest BCUT2D eigenvalue weighted by Crippen LogP contribution is 2.27. The minimum Gasteiger partial charge on any atom is -0.378 e. The lowest BCUT2D eigenvalue weighted by Gasteiger charge is -2.28. The molecule has 2 aromatic carbocycles. The van der Waals surface area contributed by atoms with Crippen LogP contribution >= 0.6 is 11.6 Å². The van der Waals surface area contributed by atoms with E-state index in [-0.39, 0.29) is 0 Å². The van der Waals surface area contributed by atoms with Crippen molar-refractivity contribution in [3.05, 3.63) is 65.3 Å². The van der Waals surface area contributed by atoms with Gasteiger partial charge in [-0.15, -0.1) is 0 Å². The standard InChI is InChI=1S/C21H22ClN5O/c1-15-4-2-3-5-19(15)25-20-18(22)14-23-21(26-20)24-16-6-8-17(9-7-16)27-10-12-28-13-11-27/h2-9,14H,10-13H2,1H3,(H2,23,24,25,26). The average Bonchev–Trinajstić information content (AvgIpc) is 2.73. The van der Waals surface area contributed by atoms with Crippen LogP contribution in [0.2, 0.25) is 5.02 Å². The molecule has 2 N–H and O–H groups in total. The van der Waals surface area contributed by atoms with Crippen LogP contribution in [-0.2, 0) is 4.74 Å². The summed E-state index contributed by atoms with van der Waals surface area (Å²) < 4.78 is 5.41. The van der Waals surface area contributed by atoms with E-state index in [1.54, 1.807) is 6.20 Å². The number of nitrogens with one attached hydrogen (secondary N) is 2. The van der Waals surface area contributed by atoms with Crippen LogP contribution in [0.1, 0.15) is 5.56 Å². The first-order chi connectivity index (χ1) is 13.7. The molecule has 0 aliphatic carbocycles. The van der Waals surface area contributed by atoms with Crippen molar-refractivity contribution in [1.29, 1.82) is 0 Å². The van der Waals surface area contributed by atoms with Crippen molar-refractivity contribution in [3.8, 4) is 0 Å². The molecule has 1 aliphatic heterocycles. The maximum absolute atomic E-state index is 6.28. The van der Waals surface area contributed by atoms with E-state index in [4.69, 9.17) is 16.3 Å². The van der Waals surface area contributed by atoms with Crippen molar-refractivity contribution >= 4 is 40.4 Å². The van der Waals surface area contributed by atoms with Crippen LogP contribution in [0.5, 0.6) is 0 Å². The second-order valence-corrected chi connectivity index (χ2v) is 7.01. The van der Waals surface area contributed by atoms with E-state index in [9.17, 15) is 0 Å². The third-order valence-electron chi connectivity index (χ3n) is 4.64. The SMILES string of the molecule is Cc1ccccc1Nc1nc(Nc2ccc(N3CCOCC3)cc2)ncc1Cl. The Kier molecular flexibility index (Phi) is 5.60. The molecular formula is C21H22ClN5O. The van der Waals surface area contributed by atoms with Gasteiger partial charge in [-0.2, -0.15) is 4.98 Å². The molecule has 28 heavy (non-hydrogen) atoms. The molecule has 0 saturated carbocycles. The van der Waals surface area contributed by atoms with Crippen LogP contribution in [0.3, 0.4) is 0 Å². The lowest BCUT2D eigenvalue weighted by atomic mass is 10.2. The molecule has 0 radical (unpaired) electrons. The van der Waals surface area contributed by atoms with Gasteiger partial charge in [-0.05, 0) is 42.8 Å². The van der Waals surface area contributed by atoms with E-state index >= 15 is 0 Å². The van der Waals surface area contributed by atoms with E-state index in [0.717, 1.165) is 43.2 Å². The number of morpholine rings is 1. The number of ether oxygens (including phenoxy) is 1. The molecule has 2 heterocycles. The minimum absolute atomic E-state index is 0.469. The maximum atomic E-state index is 6.28. The molecule has 0 unspecified atom stereocenters. The van der Waals surface area contributed by atoms with Gasteiger partial charge in [0, 0.05) is 30.2 Å². The number of rotatable bonds is 5. The van der Waals surface area contributed by atoms with Crippen LogP contribution in [0, 0.1) is 6.92 Å². The number of hydrogen-bond donors (Lipinski definition) is 2. The van der Waals surface area contributed by atoms with E-state index in [2.05, 4.69) is 37.6 Å². The lowest BCUT2D eigenvalue weighted by Crippen LogP contribution is -2.36. The van der Waals surface area contributed by atoms with Gasteiger partial charge in [0.05, 0.1) is 19.4 Å². The van der Waals surface area contributed by atoms with Gasteiger partial charge in [-0.3, -0.25) is 0 Å². The fourth-order valence-corrected chi connectivity index (χ4v) is 3.20. The lowest BCUT2D eigenvalue weighted by molar-refractivity contribution is 0.122. The topological polar surface area (TPSA) is 62.3 Å². The zero-order chi connectivity index (χ0) is 19.3. The van der Waals surface area contributed by atoms with E-state index < -0.39 is 0 Å². The summed E-state index contributed by atoms with van der Waals surface area (Å²) in [5.41, 5.74) is 4.18. The summed E-state index contributed by atoms with van der Waals surface area (Å²) in [6.07, 6.45) is 1.60. The molecule has 6 nitrogen and oxygen atoms in total. The minimum atomic E-state index is 0.469. The molecule has 4 rings (SSSR count). The average molecular weight is 396 g/mol. The highest BCUT2D eigenvalue weighted by atomic mass is 35.5. The van der Waals surface area contributed by atoms with E-state index in [1.807, 2.05) is 43.3 Å². The maximum Gasteiger partial charge on any atom is 0.229 e. The number of aryl methyl sites for hydroxylation is 1. The number of nitrogens with zero attached hydrogens (tertiary/aromatic N) is 3. The molecule has 144 valence electrons. The van der Waals surface area contributed by atoms with E-state index in [1.165, 1.54) is 5.69 Å². The Hall–Kier alpha value is -2.83. The van der Waals surface area contributed by atoms with Gasteiger partial charge >= 0.3 is 0 Å². The number of para-hydroxylation sites is 1. The monoisotopic (exact) mass is 395 g/mol. The number of aromatic nitrogens is 2. The summed E-state index contributed by atoms with van der Waals surface area (Å²) in [6, 6.07) is 16.2. The van der Waals surface area contributed by atoms with Crippen LogP contribution < -0.4 is 15.5 Å². The Bertz CT molecular complexity index is 942. The van der Waals surface area contributed by atoms with Crippen molar-refractivity contribution in [3.63, 3.8) is 0 Å². The third kappa shape index (κ3) is 4.35.